The summed E-state index contributed by atoms with van der Waals surface area (Å²) in [6.45, 7) is 6.68. The average molecular weight is 222 g/mol. The number of nitrogens with two attached hydrogens (primary N) is 1. The zero-order valence-electron chi connectivity index (χ0n) is 10.7. The number of nitrogens with zero attached hydrogens (tertiary/aromatic N) is 1. The summed E-state index contributed by atoms with van der Waals surface area (Å²) in [4.78, 5) is 4.12. The molecule has 0 saturated carbocycles. The molecule has 0 amide bonds. The van der Waals surface area contributed by atoms with Gasteiger partial charge in [0.25, 0.3) is 0 Å². The molecule has 0 bridgehead atoms. The first kappa shape index (κ1) is 13.0. The molecule has 0 radical (unpaired) electrons. The lowest BCUT2D eigenvalue weighted by Gasteiger charge is -2.21. The molecule has 0 fully saturated rings. The third-order valence-corrected chi connectivity index (χ3v) is 2.60. The molecule has 90 valence electrons. The molecule has 0 spiro atoms. The molecular formula is C13H22N2O. The lowest BCUT2D eigenvalue weighted by Crippen LogP contribution is -2.15. The van der Waals surface area contributed by atoms with Crippen molar-refractivity contribution in [2.24, 2.45) is 11.1 Å². The largest absolute Gasteiger partial charge is 0.495 e. The highest BCUT2D eigenvalue weighted by atomic mass is 16.5. The van der Waals surface area contributed by atoms with Crippen LogP contribution in [-0.4, -0.2) is 12.1 Å². The smallest absolute Gasteiger partial charge is 0.137 e. The molecule has 0 saturated heterocycles. The first-order valence-electron chi connectivity index (χ1n) is 5.67. The van der Waals surface area contributed by atoms with Crippen LogP contribution in [0.4, 0.5) is 0 Å². The Hall–Kier alpha value is -1.09. The van der Waals surface area contributed by atoms with Gasteiger partial charge in [-0.2, -0.15) is 0 Å². The second kappa shape index (κ2) is 5.30. The topological polar surface area (TPSA) is 48.1 Å². The molecule has 0 unspecified atom stereocenters. The maximum atomic E-state index is 6.13. The summed E-state index contributed by atoms with van der Waals surface area (Å²) in [6.07, 6.45) is 5.58. The Morgan fingerprint density at radius 1 is 1.38 bits per heavy atom. The van der Waals surface area contributed by atoms with Gasteiger partial charge in [0.15, 0.2) is 0 Å². The summed E-state index contributed by atoms with van der Waals surface area (Å²) >= 11 is 0. The van der Waals surface area contributed by atoms with Crippen LogP contribution >= 0.6 is 0 Å². The molecular weight excluding hydrogens is 200 g/mol. The summed E-state index contributed by atoms with van der Waals surface area (Å²) in [5.41, 5.74) is 7.50. The second-order valence-electron chi connectivity index (χ2n) is 5.36. The van der Waals surface area contributed by atoms with Gasteiger partial charge >= 0.3 is 0 Å². The lowest BCUT2D eigenvalue weighted by atomic mass is 9.87. The van der Waals surface area contributed by atoms with Gasteiger partial charge in [-0.15, -0.1) is 0 Å². The molecule has 1 aromatic rings. The number of ether oxygens (including phenoxy) is 1. The quantitative estimate of drug-likeness (QED) is 0.852. The van der Waals surface area contributed by atoms with E-state index in [1.807, 2.05) is 12.3 Å². The second-order valence-corrected chi connectivity index (χ2v) is 5.36. The molecule has 0 aliphatic heterocycles. The summed E-state index contributed by atoms with van der Waals surface area (Å²) < 4.78 is 5.13. The van der Waals surface area contributed by atoms with E-state index >= 15 is 0 Å². The Morgan fingerprint density at radius 2 is 2.06 bits per heavy atom. The minimum Gasteiger partial charge on any atom is -0.495 e. The highest BCUT2D eigenvalue weighted by molar-refractivity contribution is 5.25. The number of hydrogen-bond acceptors (Lipinski definition) is 3. The third-order valence-electron chi connectivity index (χ3n) is 2.60. The van der Waals surface area contributed by atoms with Crippen molar-refractivity contribution < 1.29 is 4.74 Å². The number of rotatable bonds is 4. The van der Waals surface area contributed by atoms with E-state index in [1.165, 1.54) is 0 Å². The Kier molecular flexibility index (Phi) is 4.30. The van der Waals surface area contributed by atoms with Crippen LogP contribution in [0.25, 0.3) is 0 Å². The van der Waals surface area contributed by atoms with Crippen molar-refractivity contribution in [1.29, 1.82) is 0 Å². The number of methoxy groups -OCH3 is 1. The van der Waals surface area contributed by atoms with Crippen molar-refractivity contribution >= 4 is 0 Å². The van der Waals surface area contributed by atoms with Gasteiger partial charge in [-0.25, -0.2) is 0 Å². The van der Waals surface area contributed by atoms with Crippen molar-refractivity contribution in [2.45, 2.75) is 39.7 Å². The van der Waals surface area contributed by atoms with E-state index in [1.54, 1.807) is 13.3 Å². The van der Waals surface area contributed by atoms with Gasteiger partial charge in [0.05, 0.1) is 13.3 Å². The van der Waals surface area contributed by atoms with Crippen LogP contribution < -0.4 is 10.5 Å². The molecule has 1 heterocycles. The van der Waals surface area contributed by atoms with Gasteiger partial charge in [0.1, 0.15) is 5.75 Å². The molecule has 2 N–H and O–H groups in total. The summed E-state index contributed by atoms with van der Waals surface area (Å²) in [7, 11) is 1.64. The van der Waals surface area contributed by atoms with E-state index in [4.69, 9.17) is 10.5 Å². The SMILES string of the molecule is COc1cncc([C@H](N)CCC(C)(C)C)c1. The van der Waals surface area contributed by atoms with Crippen molar-refractivity contribution in [3.63, 3.8) is 0 Å². The molecule has 3 nitrogen and oxygen atoms in total. The van der Waals surface area contributed by atoms with Crippen molar-refractivity contribution in [3.05, 3.63) is 24.0 Å². The zero-order valence-corrected chi connectivity index (χ0v) is 10.7. The van der Waals surface area contributed by atoms with Gasteiger partial charge < -0.3 is 10.5 Å². The van der Waals surface area contributed by atoms with Crippen LogP contribution in [-0.2, 0) is 0 Å². The molecule has 1 atom stereocenters. The molecule has 0 aromatic carbocycles. The van der Waals surface area contributed by atoms with Gasteiger partial charge in [0, 0.05) is 12.2 Å². The molecule has 1 rings (SSSR count). The van der Waals surface area contributed by atoms with E-state index in [0.717, 1.165) is 24.2 Å². The van der Waals surface area contributed by atoms with Crippen molar-refractivity contribution in [2.75, 3.05) is 7.11 Å². The molecule has 3 heteroatoms. The fraction of sp³-hybridized carbons (Fsp3) is 0.615. The van der Waals surface area contributed by atoms with Crippen LogP contribution in [0.5, 0.6) is 5.75 Å². The van der Waals surface area contributed by atoms with E-state index in [2.05, 4.69) is 25.8 Å². The van der Waals surface area contributed by atoms with Gasteiger partial charge in [0.2, 0.25) is 0 Å². The normalized spacial score (nSPS) is 13.6. The van der Waals surface area contributed by atoms with E-state index < -0.39 is 0 Å². The van der Waals surface area contributed by atoms with Crippen molar-refractivity contribution in [1.82, 2.24) is 4.98 Å². The number of pyridine rings is 1. The van der Waals surface area contributed by atoms with Gasteiger partial charge in [-0.05, 0) is 29.9 Å². The Balaban J connectivity index is 2.62. The summed E-state index contributed by atoms with van der Waals surface area (Å²) in [5.74, 6) is 0.767. The summed E-state index contributed by atoms with van der Waals surface area (Å²) in [5, 5.41) is 0. The van der Waals surface area contributed by atoms with E-state index in [9.17, 15) is 0 Å². The predicted molar refractivity (Wildman–Crippen MR) is 66.4 cm³/mol. The van der Waals surface area contributed by atoms with Crippen LogP contribution in [0.2, 0.25) is 0 Å². The molecule has 16 heavy (non-hydrogen) atoms. The van der Waals surface area contributed by atoms with Gasteiger partial charge in [-0.3, -0.25) is 4.98 Å². The predicted octanol–water partition coefficient (Wildman–Crippen LogP) is 2.92. The van der Waals surface area contributed by atoms with Crippen LogP contribution in [0.1, 0.15) is 45.2 Å². The van der Waals surface area contributed by atoms with Crippen LogP contribution in [0, 0.1) is 5.41 Å². The fourth-order valence-corrected chi connectivity index (χ4v) is 1.51. The maximum absolute atomic E-state index is 6.13. The van der Waals surface area contributed by atoms with E-state index in [0.29, 0.717) is 5.41 Å². The highest BCUT2D eigenvalue weighted by Gasteiger charge is 2.14. The first-order chi connectivity index (χ1) is 7.42. The van der Waals surface area contributed by atoms with Crippen LogP contribution in [0.15, 0.2) is 18.5 Å². The van der Waals surface area contributed by atoms with Crippen LogP contribution in [0.3, 0.4) is 0 Å². The summed E-state index contributed by atoms with van der Waals surface area (Å²) in [6, 6.07) is 2.00. The fourth-order valence-electron chi connectivity index (χ4n) is 1.51. The van der Waals surface area contributed by atoms with Gasteiger partial charge in [-0.1, -0.05) is 20.8 Å². The molecule has 0 aliphatic rings. The standard InChI is InChI=1S/C13H22N2O/c1-13(2,3)6-5-12(14)10-7-11(16-4)9-15-8-10/h7-9,12H,5-6,14H2,1-4H3/t12-/m1/s1. The monoisotopic (exact) mass is 222 g/mol. The lowest BCUT2D eigenvalue weighted by molar-refractivity contribution is 0.349. The Morgan fingerprint density at radius 3 is 2.62 bits per heavy atom. The zero-order chi connectivity index (χ0) is 12.2. The van der Waals surface area contributed by atoms with E-state index in [-0.39, 0.29) is 6.04 Å². The molecule has 0 aliphatic carbocycles. The number of hydrogen-bond donors (Lipinski definition) is 1. The third kappa shape index (κ3) is 4.19. The highest BCUT2D eigenvalue weighted by Crippen LogP contribution is 2.26. The molecule has 1 aromatic heterocycles. The first-order valence-corrected chi connectivity index (χ1v) is 5.67. The average Bonchev–Trinajstić information content (AvgIpc) is 2.25. The Bertz CT molecular complexity index is 331. The maximum Gasteiger partial charge on any atom is 0.137 e. The van der Waals surface area contributed by atoms with Crippen molar-refractivity contribution in [3.8, 4) is 5.75 Å². The number of aromatic nitrogens is 1. The Labute approximate surface area is 98.0 Å². The minimum atomic E-state index is 0.0434. The minimum absolute atomic E-state index is 0.0434.